The largest absolute Gasteiger partial charge is 0.419 e. The summed E-state index contributed by atoms with van der Waals surface area (Å²) in [5.74, 6) is -0.489. The van der Waals surface area contributed by atoms with Crippen LogP contribution in [0.5, 0.6) is 0 Å². The molecule has 1 amide bonds. The van der Waals surface area contributed by atoms with Crippen LogP contribution in [0.1, 0.15) is 23.1 Å². The summed E-state index contributed by atoms with van der Waals surface area (Å²) in [7, 11) is 1.65. The molecule has 2 aromatic carbocycles. The molecule has 5 heteroatoms. The van der Waals surface area contributed by atoms with Crippen molar-refractivity contribution >= 4 is 22.7 Å². The zero-order valence-electron chi connectivity index (χ0n) is 13.5. The fourth-order valence-corrected chi connectivity index (χ4v) is 3.34. The standard InChI is InChI=1S/C19H18N2O3/c1-21-16-8-7-15(11-17(16)24-19(21)23)20-18(22)10-12-5-6-13-3-2-4-14(13)9-12/h5-9,11H,2-4,10H2,1H3,(H,20,22). The van der Waals surface area contributed by atoms with Crippen LogP contribution in [-0.4, -0.2) is 10.5 Å². The van der Waals surface area contributed by atoms with Crippen LogP contribution in [0, 0.1) is 0 Å². The average Bonchev–Trinajstić information content (AvgIpc) is 3.12. The summed E-state index contributed by atoms with van der Waals surface area (Å²) in [6.07, 6.45) is 3.79. The smallest absolute Gasteiger partial charge is 0.408 e. The minimum Gasteiger partial charge on any atom is -0.408 e. The van der Waals surface area contributed by atoms with Crippen molar-refractivity contribution in [2.45, 2.75) is 25.7 Å². The second kappa shape index (κ2) is 5.67. The monoisotopic (exact) mass is 322 g/mol. The number of fused-ring (bicyclic) bond motifs is 2. The highest BCUT2D eigenvalue weighted by molar-refractivity contribution is 5.94. The van der Waals surface area contributed by atoms with Crippen LogP contribution < -0.4 is 11.1 Å². The minimum atomic E-state index is -0.411. The Morgan fingerprint density at radius 1 is 1.17 bits per heavy atom. The summed E-state index contributed by atoms with van der Waals surface area (Å²) in [5, 5.41) is 2.87. The molecule has 1 N–H and O–H groups in total. The van der Waals surface area contributed by atoms with Gasteiger partial charge in [0.05, 0.1) is 11.9 Å². The lowest BCUT2D eigenvalue weighted by Crippen LogP contribution is -2.14. The van der Waals surface area contributed by atoms with Gasteiger partial charge < -0.3 is 9.73 Å². The molecule has 122 valence electrons. The number of carbonyl (C=O) groups is 1. The van der Waals surface area contributed by atoms with Crippen molar-refractivity contribution in [3.05, 3.63) is 63.6 Å². The van der Waals surface area contributed by atoms with E-state index < -0.39 is 5.76 Å². The van der Waals surface area contributed by atoms with Crippen molar-refractivity contribution in [3.8, 4) is 0 Å². The van der Waals surface area contributed by atoms with Crippen molar-refractivity contribution in [1.82, 2.24) is 4.57 Å². The van der Waals surface area contributed by atoms with Gasteiger partial charge in [0.1, 0.15) is 0 Å². The molecule has 1 aliphatic carbocycles. The van der Waals surface area contributed by atoms with Crippen LogP contribution in [0.2, 0.25) is 0 Å². The van der Waals surface area contributed by atoms with Gasteiger partial charge in [-0.25, -0.2) is 4.79 Å². The second-order valence-electron chi connectivity index (χ2n) is 6.29. The number of oxazole rings is 1. The summed E-state index contributed by atoms with van der Waals surface area (Å²) in [4.78, 5) is 23.8. The van der Waals surface area contributed by atoms with Gasteiger partial charge in [0.2, 0.25) is 5.91 Å². The highest BCUT2D eigenvalue weighted by Crippen LogP contribution is 2.23. The third kappa shape index (κ3) is 2.62. The Bertz CT molecular complexity index is 998. The van der Waals surface area contributed by atoms with E-state index in [-0.39, 0.29) is 5.91 Å². The first-order chi connectivity index (χ1) is 11.6. The number of nitrogens with one attached hydrogen (secondary N) is 1. The highest BCUT2D eigenvalue weighted by Gasteiger charge is 2.13. The lowest BCUT2D eigenvalue weighted by atomic mass is 10.0. The molecule has 24 heavy (non-hydrogen) atoms. The molecule has 4 rings (SSSR count). The van der Waals surface area contributed by atoms with E-state index in [1.54, 1.807) is 25.2 Å². The predicted octanol–water partition coefficient (Wildman–Crippen LogP) is 2.80. The van der Waals surface area contributed by atoms with Crippen molar-refractivity contribution in [3.63, 3.8) is 0 Å². The Balaban J connectivity index is 1.50. The zero-order chi connectivity index (χ0) is 16.7. The van der Waals surface area contributed by atoms with Gasteiger partial charge in [0, 0.05) is 18.8 Å². The number of anilines is 1. The molecule has 0 aliphatic heterocycles. The Kier molecular flexibility index (Phi) is 3.49. The first-order valence-corrected chi connectivity index (χ1v) is 8.10. The quantitative estimate of drug-likeness (QED) is 0.806. The van der Waals surface area contributed by atoms with E-state index in [4.69, 9.17) is 4.42 Å². The maximum Gasteiger partial charge on any atom is 0.419 e. The van der Waals surface area contributed by atoms with Gasteiger partial charge in [-0.05, 0) is 48.1 Å². The number of carbonyl (C=O) groups excluding carboxylic acids is 1. The number of amides is 1. The third-order valence-corrected chi connectivity index (χ3v) is 4.60. The fraction of sp³-hybridized carbons (Fsp3) is 0.263. The first-order valence-electron chi connectivity index (χ1n) is 8.10. The third-order valence-electron chi connectivity index (χ3n) is 4.60. The Hall–Kier alpha value is -2.82. The molecule has 1 aromatic heterocycles. The molecule has 1 heterocycles. The maximum absolute atomic E-state index is 12.3. The molecule has 0 spiro atoms. The van der Waals surface area contributed by atoms with Crippen molar-refractivity contribution < 1.29 is 9.21 Å². The Morgan fingerprint density at radius 2 is 2.00 bits per heavy atom. The number of rotatable bonds is 3. The topological polar surface area (TPSA) is 64.2 Å². The summed E-state index contributed by atoms with van der Waals surface area (Å²) in [5.41, 5.74) is 5.61. The molecule has 0 atom stereocenters. The van der Waals surface area contributed by atoms with E-state index in [0.29, 0.717) is 23.2 Å². The molecule has 0 radical (unpaired) electrons. The normalized spacial score (nSPS) is 13.2. The SMILES string of the molecule is Cn1c(=O)oc2cc(NC(=O)Cc3ccc4c(c3)CCC4)ccc21. The first kappa shape index (κ1) is 14.8. The van der Waals surface area contributed by atoms with Gasteiger partial charge in [-0.2, -0.15) is 0 Å². The number of nitrogens with zero attached hydrogens (tertiary/aromatic N) is 1. The van der Waals surface area contributed by atoms with Gasteiger partial charge >= 0.3 is 5.76 Å². The molecule has 5 nitrogen and oxygen atoms in total. The molecule has 0 fully saturated rings. The molecule has 0 bridgehead atoms. The molecular weight excluding hydrogens is 304 g/mol. The number of aromatic nitrogens is 1. The summed E-state index contributed by atoms with van der Waals surface area (Å²) in [6.45, 7) is 0. The van der Waals surface area contributed by atoms with Crippen LogP contribution in [0.15, 0.2) is 45.6 Å². The number of aryl methyl sites for hydroxylation is 3. The maximum atomic E-state index is 12.3. The van der Waals surface area contributed by atoms with E-state index >= 15 is 0 Å². The van der Waals surface area contributed by atoms with Crippen LogP contribution in [-0.2, 0) is 31.1 Å². The van der Waals surface area contributed by atoms with Crippen LogP contribution in [0.4, 0.5) is 5.69 Å². The molecule has 0 unspecified atom stereocenters. The molecule has 1 aliphatic rings. The van der Waals surface area contributed by atoms with Crippen LogP contribution >= 0.6 is 0 Å². The molecule has 0 saturated carbocycles. The van der Waals surface area contributed by atoms with E-state index in [1.165, 1.54) is 22.1 Å². The fourth-order valence-electron chi connectivity index (χ4n) is 3.34. The lowest BCUT2D eigenvalue weighted by Gasteiger charge is -2.07. The van der Waals surface area contributed by atoms with E-state index in [9.17, 15) is 9.59 Å². The summed E-state index contributed by atoms with van der Waals surface area (Å²) >= 11 is 0. The van der Waals surface area contributed by atoms with Gasteiger partial charge in [0.15, 0.2) is 5.58 Å². The van der Waals surface area contributed by atoms with Crippen molar-refractivity contribution in [2.24, 2.45) is 7.05 Å². The van der Waals surface area contributed by atoms with Gasteiger partial charge in [-0.1, -0.05) is 18.2 Å². The van der Waals surface area contributed by atoms with Crippen LogP contribution in [0.25, 0.3) is 11.1 Å². The Labute approximate surface area is 138 Å². The van der Waals surface area contributed by atoms with E-state index in [1.807, 2.05) is 6.07 Å². The minimum absolute atomic E-state index is 0.0782. The lowest BCUT2D eigenvalue weighted by molar-refractivity contribution is -0.115. The van der Waals surface area contributed by atoms with Crippen molar-refractivity contribution in [2.75, 3.05) is 5.32 Å². The number of hydrogen-bond donors (Lipinski definition) is 1. The van der Waals surface area contributed by atoms with E-state index in [0.717, 1.165) is 18.4 Å². The van der Waals surface area contributed by atoms with E-state index in [2.05, 4.69) is 17.4 Å². The zero-order valence-corrected chi connectivity index (χ0v) is 13.5. The second-order valence-corrected chi connectivity index (χ2v) is 6.29. The number of hydrogen-bond acceptors (Lipinski definition) is 3. The van der Waals surface area contributed by atoms with Gasteiger partial charge in [-0.3, -0.25) is 9.36 Å². The number of benzene rings is 2. The molecule has 0 saturated heterocycles. The Morgan fingerprint density at radius 3 is 2.88 bits per heavy atom. The summed E-state index contributed by atoms with van der Waals surface area (Å²) < 4.78 is 6.58. The average molecular weight is 322 g/mol. The predicted molar refractivity (Wildman–Crippen MR) is 92.3 cm³/mol. The van der Waals surface area contributed by atoms with Gasteiger partial charge in [0.25, 0.3) is 0 Å². The molecule has 3 aromatic rings. The summed E-state index contributed by atoms with van der Waals surface area (Å²) in [6, 6.07) is 11.5. The van der Waals surface area contributed by atoms with Gasteiger partial charge in [-0.15, -0.1) is 0 Å². The molecular formula is C19H18N2O3. The highest BCUT2D eigenvalue weighted by atomic mass is 16.4. The van der Waals surface area contributed by atoms with Crippen LogP contribution in [0.3, 0.4) is 0 Å². The van der Waals surface area contributed by atoms with Crippen molar-refractivity contribution in [1.29, 1.82) is 0 Å².